The molecule has 0 aromatic heterocycles. The van der Waals surface area contributed by atoms with Crippen molar-refractivity contribution in [2.75, 3.05) is 44.3 Å². The van der Waals surface area contributed by atoms with Crippen molar-refractivity contribution >= 4 is 23.3 Å². The second-order valence-corrected chi connectivity index (χ2v) is 6.46. The number of anilines is 1. The Morgan fingerprint density at radius 3 is 2.62 bits per heavy atom. The summed E-state index contributed by atoms with van der Waals surface area (Å²) in [6, 6.07) is 4.45. The number of carbonyl (C=O) groups excluding carboxylic acids is 1. The minimum absolute atomic E-state index is 0.121. The topological polar surface area (TPSA) is 113 Å². The lowest BCUT2D eigenvalue weighted by molar-refractivity contribution is -0.384. The maximum atomic E-state index is 13.1. The molecular weight excluding hydrogens is 342 g/mol. The number of aliphatic carboxylic acids is 1. The van der Waals surface area contributed by atoms with Crippen molar-refractivity contribution in [1.29, 1.82) is 0 Å². The molecule has 3 rings (SSSR count). The first-order valence-electron chi connectivity index (χ1n) is 8.61. The van der Waals surface area contributed by atoms with Crippen molar-refractivity contribution in [3.8, 4) is 0 Å². The van der Waals surface area contributed by atoms with Crippen molar-refractivity contribution in [1.82, 2.24) is 4.90 Å². The molecule has 9 nitrogen and oxygen atoms in total. The number of ether oxygens (including phenoxy) is 1. The van der Waals surface area contributed by atoms with Crippen LogP contribution < -0.4 is 4.90 Å². The molecule has 1 atom stereocenters. The Morgan fingerprint density at radius 1 is 1.23 bits per heavy atom. The molecule has 0 radical (unpaired) electrons. The summed E-state index contributed by atoms with van der Waals surface area (Å²) in [5.74, 6) is -1.88. The van der Waals surface area contributed by atoms with E-state index < -0.39 is 16.8 Å². The Bertz CT molecular complexity index is 716. The number of carbonyl (C=O) groups is 2. The summed E-state index contributed by atoms with van der Waals surface area (Å²) < 4.78 is 5.31. The maximum absolute atomic E-state index is 13.1. The summed E-state index contributed by atoms with van der Waals surface area (Å²) in [6.07, 6.45) is 1.13. The van der Waals surface area contributed by atoms with E-state index in [9.17, 15) is 24.8 Å². The molecule has 0 unspecified atom stereocenters. The number of para-hydroxylation sites is 1. The third kappa shape index (κ3) is 3.62. The number of carboxylic acids is 1. The fraction of sp³-hybridized carbons (Fsp3) is 0.529. The van der Waals surface area contributed by atoms with Crippen molar-refractivity contribution in [3.05, 3.63) is 33.9 Å². The highest BCUT2D eigenvalue weighted by Gasteiger charge is 2.33. The average molecular weight is 363 g/mol. The first-order valence-corrected chi connectivity index (χ1v) is 8.61. The van der Waals surface area contributed by atoms with Gasteiger partial charge in [-0.2, -0.15) is 0 Å². The molecule has 2 fully saturated rings. The van der Waals surface area contributed by atoms with E-state index >= 15 is 0 Å². The molecule has 0 aliphatic carbocycles. The number of nitrogens with zero attached hydrogens (tertiary/aromatic N) is 3. The number of hydrogen-bond acceptors (Lipinski definition) is 6. The molecule has 140 valence electrons. The van der Waals surface area contributed by atoms with E-state index in [0.717, 1.165) is 0 Å². The van der Waals surface area contributed by atoms with Gasteiger partial charge in [-0.1, -0.05) is 6.07 Å². The second kappa shape index (κ2) is 7.69. The number of benzene rings is 1. The van der Waals surface area contributed by atoms with Gasteiger partial charge in [0.2, 0.25) is 0 Å². The fourth-order valence-electron chi connectivity index (χ4n) is 3.50. The zero-order chi connectivity index (χ0) is 18.7. The van der Waals surface area contributed by atoms with Gasteiger partial charge in [-0.15, -0.1) is 0 Å². The predicted molar refractivity (Wildman–Crippen MR) is 92.4 cm³/mol. The monoisotopic (exact) mass is 363 g/mol. The lowest BCUT2D eigenvalue weighted by Gasteiger charge is -2.33. The number of likely N-dealkylation sites (tertiary alicyclic amines) is 1. The lowest BCUT2D eigenvalue weighted by atomic mass is 9.97. The van der Waals surface area contributed by atoms with Crippen LogP contribution in [-0.4, -0.2) is 66.2 Å². The number of nitro benzene ring substituents is 1. The molecule has 0 saturated carbocycles. The smallest absolute Gasteiger partial charge is 0.308 e. The Hall–Kier alpha value is -2.68. The molecule has 26 heavy (non-hydrogen) atoms. The summed E-state index contributed by atoms with van der Waals surface area (Å²) in [5.41, 5.74) is 0.417. The molecule has 2 heterocycles. The lowest BCUT2D eigenvalue weighted by Crippen LogP contribution is -2.43. The Kier molecular flexibility index (Phi) is 5.36. The summed E-state index contributed by atoms with van der Waals surface area (Å²) in [4.78, 5) is 38.6. The molecule has 2 saturated heterocycles. The zero-order valence-corrected chi connectivity index (χ0v) is 14.3. The highest BCUT2D eigenvalue weighted by Crippen LogP contribution is 2.34. The molecule has 0 spiro atoms. The quantitative estimate of drug-likeness (QED) is 0.635. The van der Waals surface area contributed by atoms with Gasteiger partial charge < -0.3 is 19.6 Å². The zero-order valence-electron chi connectivity index (χ0n) is 14.3. The summed E-state index contributed by atoms with van der Waals surface area (Å²) in [6.45, 7) is 2.37. The first-order chi connectivity index (χ1) is 12.5. The number of hydrogen-bond donors (Lipinski definition) is 1. The van der Waals surface area contributed by atoms with E-state index in [1.165, 1.54) is 17.0 Å². The van der Waals surface area contributed by atoms with Crippen LogP contribution in [0, 0.1) is 16.0 Å². The molecule has 1 aromatic carbocycles. The van der Waals surface area contributed by atoms with Gasteiger partial charge in [-0.25, -0.2) is 0 Å². The second-order valence-electron chi connectivity index (χ2n) is 6.46. The minimum Gasteiger partial charge on any atom is -0.481 e. The van der Waals surface area contributed by atoms with Gasteiger partial charge in [0, 0.05) is 32.2 Å². The van der Waals surface area contributed by atoms with Crippen molar-refractivity contribution in [2.24, 2.45) is 5.92 Å². The number of carboxylic acid groups (broad SMARTS) is 1. The molecule has 2 aliphatic heterocycles. The normalized spacial score (nSPS) is 20.7. The number of amides is 1. The van der Waals surface area contributed by atoms with E-state index in [1.54, 1.807) is 11.0 Å². The largest absolute Gasteiger partial charge is 0.481 e. The highest BCUT2D eigenvalue weighted by molar-refractivity contribution is 6.02. The molecule has 2 aliphatic rings. The van der Waals surface area contributed by atoms with E-state index in [2.05, 4.69) is 0 Å². The van der Waals surface area contributed by atoms with Crippen LogP contribution in [0.3, 0.4) is 0 Å². The third-order valence-corrected chi connectivity index (χ3v) is 4.83. The number of piperidine rings is 1. The molecule has 1 N–H and O–H groups in total. The van der Waals surface area contributed by atoms with Crippen LogP contribution in [0.1, 0.15) is 23.2 Å². The Balaban J connectivity index is 1.95. The summed E-state index contributed by atoms with van der Waals surface area (Å²) in [5, 5.41) is 20.7. The van der Waals surface area contributed by atoms with Crippen LogP contribution in [0.25, 0.3) is 0 Å². The number of morpholine rings is 1. The number of nitro groups is 1. The van der Waals surface area contributed by atoms with Gasteiger partial charge in [0.05, 0.1) is 29.6 Å². The van der Waals surface area contributed by atoms with Crippen LogP contribution in [0.2, 0.25) is 0 Å². The number of rotatable bonds is 4. The van der Waals surface area contributed by atoms with E-state index in [1.807, 2.05) is 0 Å². The molecule has 0 bridgehead atoms. The van der Waals surface area contributed by atoms with E-state index in [4.69, 9.17) is 4.74 Å². The molecule has 1 amide bonds. The predicted octanol–water partition coefficient (Wildman–Crippen LogP) is 1.37. The third-order valence-electron chi connectivity index (χ3n) is 4.83. The van der Waals surface area contributed by atoms with Gasteiger partial charge in [-0.3, -0.25) is 19.7 Å². The first kappa shape index (κ1) is 18.1. The SMILES string of the molecule is O=C(O)[C@H]1CCCN(C(=O)c2cccc([N+](=O)[O-])c2N2CCOCC2)C1. The summed E-state index contributed by atoms with van der Waals surface area (Å²) >= 11 is 0. The highest BCUT2D eigenvalue weighted by atomic mass is 16.6. The van der Waals surface area contributed by atoms with Gasteiger partial charge in [0.15, 0.2) is 0 Å². The summed E-state index contributed by atoms with van der Waals surface area (Å²) in [7, 11) is 0. The minimum atomic E-state index is -0.921. The van der Waals surface area contributed by atoms with E-state index in [-0.39, 0.29) is 23.7 Å². The van der Waals surface area contributed by atoms with E-state index in [0.29, 0.717) is 51.4 Å². The van der Waals surface area contributed by atoms with Crippen molar-refractivity contribution in [3.63, 3.8) is 0 Å². The van der Waals surface area contributed by atoms with Crippen LogP contribution in [0.5, 0.6) is 0 Å². The van der Waals surface area contributed by atoms with Crippen LogP contribution in [-0.2, 0) is 9.53 Å². The fourth-order valence-corrected chi connectivity index (χ4v) is 3.50. The molecule has 1 aromatic rings. The van der Waals surface area contributed by atoms with Crippen LogP contribution in [0.4, 0.5) is 11.4 Å². The van der Waals surface area contributed by atoms with Gasteiger partial charge in [-0.05, 0) is 18.9 Å². The average Bonchev–Trinajstić information content (AvgIpc) is 2.67. The van der Waals surface area contributed by atoms with Gasteiger partial charge in [0.25, 0.3) is 11.6 Å². The Labute approximate surface area is 150 Å². The molecule has 9 heteroatoms. The molecular formula is C17H21N3O6. The van der Waals surface area contributed by atoms with Crippen molar-refractivity contribution in [2.45, 2.75) is 12.8 Å². The van der Waals surface area contributed by atoms with Crippen molar-refractivity contribution < 1.29 is 24.4 Å². The van der Waals surface area contributed by atoms with Gasteiger partial charge in [0.1, 0.15) is 5.69 Å². The Morgan fingerprint density at radius 2 is 1.96 bits per heavy atom. The van der Waals surface area contributed by atoms with Crippen LogP contribution in [0.15, 0.2) is 18.2 Å². The standard InChI is InChI=1S/C17H21N3O6/c21-16(19-6-2-3-12(11-19)17(22)23)13-4-1-5-14(20(24)25)15(13)18-7-9-26-10-8-18/h1,4-5,12H,2-3,6-11H2,(H,22,23)/t12-/m0/s1. The maximum Gasteiger partial charge on any atom is 0.308 e. The van der Waals surface area contributed by atoms with Gasteiger partial charge >= 0.3 is 5.97 Å². The van der Waals surface area contributed by atoms with Crippen LogP contribution >= 0.6 is 0 Å².